The van der Waals surface area contributed by atoms with Gasteiger partial charge < -0.3 is 10.6 Å². The number of piperidine rings is 1. The van der Waals surface area contributed by atoms with Crippen molar-refractivity contribution < 1.29 is 22.4 Å². The minimum Gasteiger partial charge on any atom is -0.343 e. The number of benzene rings is 2. The number of carbonyl (C=O) groups is 1. The summed E-state index contributed by atoms with van der Waals surface area (Å²) in [5, 5.41) is 5.60. The molecule has 3 rings (SSSR count). The molecule has 1 saturated heterocycles. The molecular formula is C23H25ClF4N2O. The number of carbonyl (C=O) groups excluding carboxylic acids is 1. The van der Waals surface area contributed by atoms with E-state index in [9.17, 15) is 22.4 Å². The predicted octanol–water partition coefficient (Wildman–Crippen LogP) is 6.14. The van der Waals surface area contributed by atoms with Gasteiger partial charge in [0.2, 0.25) is 0 Å². The van der Waals surface area contributed by atoms with Gasteiger partial charge in [-0.25, -0.2) is 4.39 Å². The van der Waals surface area contributed by atoms with Crippen molar-refractivity contribution in [3.05, 3.63) is 70.0 Å². The van der Waals surface area contributed by atoms with E-state index in [1.165, 1.54) is 0 Å². The summed E-state index contributed by atoms with van der Waals surface area (Å²) >= 11 is 5.71. The van der Waals surface area contributed by atoms with Crippen LogP contribution < -0.4 is 10.6 Å². The maximum atomic E-state index is 14.6. The largest absolute Gasteiger partial charge is 0.417 e. The lowest BCUT2D eigenvalue weighted by Crippen LogP contribution is -2.57. The molecule has 1 heterocycles. The van der Waals surface area contributed by atoms with Gasteiger partial charge in [-0.2, -0.15) is 13.2 Å². The second kappa shape index (κ2) is 9.17. The summed E-state index contributed by atoms with van der Waals surface area (Å²) in [5.41, 5.74) is -2.34. The molecule has 2 aromatic carbocycles. The summed E-state index contributed by atoms with van der Waals surface area (Å²) in [7, 11) is 0. The van der Waals surface area contributed by atoms with Crippen LogP contribution in [0.15, 0.2) is 42.5 Å². The van der Waals surface area contributed by atoms with E-state index in [0.29, 0.717) is 18.4 Å². The number of nitrogens with one attached hydrogen (secondary N) is 2. The molecule has 1 amide bonds. The van der Waals surface area contributed by atoms with Crippen molar-refractivity contribution in [2.75, 3.05) is 6.54 Å². The van der Waals surface area contributed by atoms with Gasteiger partial charge in [0.25, 0.3) is 5.91 Å². The van der Waals surface area contributed by atoms with Crippen molar-refractivity contribution in [3.8, 4) is 0 Å². The summed E-state index contributed by atoms with van der Waals surface area (Å²) in [6.45, 7) is 4.76. The molecule has 2 N–H and O–H groups in total. The summed E-state index contributed by atoms with van der Waals surface area (Å²) in [4.78, 5) is 13.0. The number of halogens is 5. The third-order valence-electron chi connectivity index (χ3n) is 6.12. The highest BCUT2D eigenvalue weighted by molar-refractivity contribution is 6.31. The Balaban J connectivity index is 2.00. The van der Waals surface area contributed by atoms with Crippen LogP contribution >= 0.6 is 11.6 Å². The van der Waals surface area contributed by atoms with E-state index >= 15 is 0 Å². The third kappa shape index (κ3) is 5.04. The van der Waals surface area contributed by atoms with Gasteiger partial charge in [0.05, 0.1) is 22.2 Å². The van der Waals surface area contributed by atoms with Crippen molar-refractivity contribution in [2.45, 2.75) is 50.9 Å². The Labute approximate surface area is 184 Å². The maximum Gasteiger partial charge on any atom is 0.417 e. The molecule has 0 radical (unpaired) electrons. The Morgan fingerprint density at radius 3 is 2.48 bits per heavy atom. The molecule has 8 heteroatoms. The number of hydrogen-bond donors (Lipinski definition) is 2. The van der Waals surface area contributed by atoms with Crippen LogP contribution in [0.2, 0.25) is 5.02 Å². The van der Waals surface area contributed by atoms with Gasteiger partial charge in [-0.05, 0) is 49.9 Å². The van der Waals surface area contributed by atoms with Crippen molar-refractivity contribution in [3.63, 3.8) is 0 Å². The maximum absolute atomic E-state index is 14.6. The molecule has 0 aliphatic carbocycles. The molecule has 168 valence electrons. The fourth-order valence-electron chi connectivity index (χ4n) is 4.13. The fourth-order valence-corrected chi connectivity index (χ4v) is 4.29. The highest BCUT2D eigenvalue weighted by Crippen LogP contribution is 2.38. The minimum absolute atomic E-state index is 0.488. The van der Waals surface area contributed by atoms with Gasteiger partial charge in [0.1, 0.15) is 0 Å². The van der Waals surface area contributed by atoms with Crippen molar-refractivity contribution in [2.24, 2.45) is 5.92 Å². The minimum atomic E-state index is -4.90. The summed E-state index contributed by atoms with van der Waals surface area (Å²) in [5.74, 6) is -2.04. The monoisotopic (exact) mass is 456 g/mol. The zero-order valence-electron chi connectivity index (χ0n) is 17.3. The first kappa shape index (κ1) is 23.5. The Hall–Kier alpha value is -2.12. The van der Waals surface area contributed by atoms with E-state index < -0.39 is 45.6 Å². The Kier molecular flexibility index (Phi) is 6.96. The van der Waals surface area contributed by atoms with Crippen LogP contribution in [0.4, 0.5) is 17.6 Å². The van der Waals surface area contributed by atoms with Crippen LogP contribution in [0.5, 0.6) is 0 Å². The molecule has 3 atom stereocenters. The standard InChI is InChI=1S/C23H25ClF4N2O/c1-3-14-11-12-22(2,29-13-14)20(15-7-5-4-6-8-15)30-21(31)18-16(23(26,27)28)9-10-17(24)19(18)25/h4-10,14,20,29H,3,11-13H2,1-2H3,(H,30,31). The zero-order valence-corrected chi connectivity index (χ0v) is 18.1. The summed E-state index contributed by atoms with van der Waals surface area (Å²) < 4.78 is 55.1. The molecule has 3 unspecified atom stereocenters. The van der Waals surface area contributed by atoms with Crippen LogP contribution in [-0.2, 0) is 6.18 Å². The Morgan fingerprint density at radius 1 is 1.26 bits per heavy atom. The van der Waals surface area contributed by atoms with Crippen LogP contribution in [-0.4, -0.2) is 18.0 Å². The average molecular weight is 457 g/mol. The van der Waals surface area contributed by atoms with E-state index in [4.69, 9.17) is 11.6 Å². The first-order chi connectivity index (χ1) is 14.6. The Bertz CT molecular complexity index is 925. The van der Waals surface area contributed by atoms with E-state index in [-0.39, 0.29) is 0 Å². The van der Waals surface area contributed by atoms with Crippen molar-refractivity contribution in [1.82, 2.24) is 10.6 Å². The van der Waals surface area contributed by atoms with Gasteiger partial charge in [-0.3, -0.25) is 4.79 Å². The van der Waals surface area contributed by atoms with Gasteiger partial charge in [-0.1, -0.05) is 55.3 Å². The highest BCUT2D eigenvalue weighted by atomic mass is 35.5. The smallest absolute Gasteiger partial charge is 0.343 e. The highest BCUT2D eigenvalue weighted by Gasteiger charge is 2.42. The normalized spacial score (nSPS) is 22.7. The van der Waals surface area contributed by atoms with Gasteiger partial charge in [0.15, 0.2) is 5.82 Å². The summed E-state index contributed by atoms with van der Waals surface area (Å²) in [6.07, 6.45) is -2.27. The molecule has 31 heavy (non-hydrogen) atoms. The van der Waals surface area contributed by atoms with E-state index in [2.05, 4.69) is 17.6 Å². The summed E-state index contributed by atoms with van der Waals surface area (Å²) in [6, 6.07) is 9.74. The van der Waals surface area contributed by atoms with Crippen LogP contribution in [0, 0.1) is 11.7 Å². The van der Waals surface area contributed by atoms with Crippen molar-refractivity contribution in [1.29, 1.82) is 0 Å². The van der Waals surface area contributed by atoms with Gasteiger partial charge in [0, 0.05) is 5.54 Å². The number of amides is 1. The molecule has 0 bridgehead atoms. The molecule has 3 nitrogen and oxygen atoms in total. The third-order valence-corrected chi connectivity index (χ3v) is 6.41. The molecule has 1 aliphatic heterocycles. The second-order valence-corrected chi connectivity index (χ2v) is 8.62. The second-order valence-electron chi connectivity index (χ2n) is 8.21. The number of alkyl halides is 3. The van der Waals surface area contributed by atoms with E-state index in [1.54, 1.807) is 24.3 Å². The first-order valence-electron chi connectivity index (χ1n) is 10.2. The average Bonchev–Trinajstić information content (AvgIpc) is 2.74. The quantitative estimate of drug-likeness (QED) is 0.531. The van der Waals surface area contributed by atoms with Crippen molar-refractivity contribution >= 4 is 17.5 Å². The van der Waals surface area contributed by atoms with Crippen LogP contribution in [0.25, 0.3) is 0 Å². The predicted molar refractivity (Wildman–Crippen MR) is 112 cm³/mol. The molecular weight excluding hydrogens is 432 g/mol. The van der Waals surface area contributed by atoms with Gasteiger partial charge >= 0.3 is 6.18 Å². The molecule has 1 fully saturated rings. The number of hydrogen-bond acceptors (Lipinski definition) is 2. The van der Waals surface area contributed by atoms with E-state index in [0.717, 1.165) is 31.0 Å². The fraction of sp³-hybridized carbons (Fsp3) is 0.435. The molecule has 1 aliphatic rings. The SMILES string of the molecule is CCC1CCC(C)(C(NC(=O)c2c(C(F)(F)F)ccc(Cl)c2F)c2ccccc2)NC1. The molecule has 0 aromatic heterocycles. The lowest BCUT2D eigenvalue weighted by Gasteiger charge is -2.44. The Morgan fingerprint density at radius 2 is 1.94 bits per heavy atom. The van der Waals surface area contributed by atoms with Crippen LogP contribution in [0.3, 0.4) is 0 Å². The topological polar surface area (TPSA) is 41.1 Å². The first-order valence-corrected chi connectivity index (χ1v) is 10.6. The number of rotatable bonds is 5. The lowest BCUT2D eigenvalue weighted by atomic mass is 9.77. The molecule has 0 spiro atoms. The van der Waals surface area contributed by atoms with E-state index in [1.807, 2.05) is 13.0 Å². The zero-order chi connectivity index (χ0) is 22.8. The molecule has 2 aromatic rings. The van der Waals surface area contributed by atoms with Crippen LogP contribution in [0.1, 0.15) is 60.6 Å². The van der Waals surface area contributed by atoms with Gasteiger partial charge in [-0.15, -0.1) is 0 Å². The molecule has 0 saturated carbocycles. The lowest BCUT2D eigenvalue weighted by molar-refractivity contribution is -0.138.